The predicted octanol–water partition coefficient (Wildman–Crippen LogP) is 3.45. The molecule has 0 fully saturated rings. The Bertz CT molecular complexity index is 593. The molecule has 0 aliphatic rings. The van der Waals surface area contributed by atoms with Crippen LogP contribution in [0.25, 0.3) is 0 Å². The number of anilines is 1. The Balaban J connectivity index is 2.08. The summed E-state index contributed by atoms with van der Waals surface area (Å²) in [6.45, 7) is 5.02. The van der Waals surface area contributed by atoms with Gasteiger partial charge in [0.2, 0.25) is 0 Å². The number of benzene rings is 2. The summed E-state index contributed by atoms with van der Waals surface area (Å²) in [7, 11) is 3.75. The van der Waals surface area contributed by atoms with E-state index in [0.29, 0.717) is 0 Å². The molecule has 0 radical (unpaired) electrons. The van der Waals surface area contributed by atoms with Crippen LogP contribution in [0.3, 0.4) is 0 Å². The molecule has 0 aromatic heterocycles. The molecule has 2 N–H and O–H groups in total. The average Bonchev–Trinajstić information content (AvgIpc) is 2.47. The van der Waals surface area contributed by atoms with Gasteiger partial charge in [0, 0.05) is 25.3 Å². The second-order valence-corrected chi connectivity index (χ2v) is 5.55. The van der Waals surface area contributed by atoms with Crippen LogP contribution in [0.1, 0.15) is 22.7 Å². The molecule has 3 nitrogen and oxygen atoms in total. The molecule has 0 saturated carbocycles. The van der Waals surface area contributed by atoms with Gasteiger partial charge in [-0.3, -0.25) is 0 Å². The molecule has 0 heterocycles. The smallest absolute Gasteiger partial charge is 0.118 e. The standard InChI is InChI=1S/C18H24N2O/c1-13-5-10-18(14(2)11-13)20(3)12-17(19)15-6-8-16(21-4)9-7-15/h5-11,17H,12,19H2,1-4H3. The summed E-state index contributed by atoms with van der Waals surface area (Å²) < 4.78 is 5.18. The van der Waals surface area contributed by atoms with Gasteiger partial charge in [0.15, 0.2) is 0 Å². The van der Waals surface area contributed by atoms with Gasteiger partial charge in [-0.2, -0.15) is 0 Å². The highest BCUT2D eigenvalue weighted by atomic mass is 16.5. The van der Waals surface area contributed by atoms with Crippen LogP contribution in [0, 0.1) is 13.8 Å². The number of aryl methyl sites for hydroxylation is 2. The minimum absolute atomic E-state index is 0.0263. The zero-order valence-corrected chi connectivity index (χ0v) is 13.3. The molecule has 0 saturated heterocycles. The van der Waals surface area contributed by atoms with Crippen molar-refractivity contribution in [3.05, 3.63) is 59.2 Å². The Morgan fingerprint density at radius 3 is 2.33 bits per heavy atom. The van der Waals surface area contributed by atoms with E-state index in [1.54, 1.807) is 7.11 Å². The van der Waals surface area contributed by atoms with Crippen molar-refractivity contribution in [3.8, 4) is 5.75 Å². The Kier molecular flexibility index (Phi) is 4.86. The second-order valence-electron chi connectivity index (χ2n) is 5.55. The van der Waals surface area contributed by atoms with Gasteiger partial charge in [0.1, 0.15) is 5.75 Å². The molecule has 1 unspecified atom stereocenters. The van der Waals surface area contributed by atoms with Crippen molar-refractivity contribution < 1.29 is 4.74 Å². The van der Waals surface area contributed by atoms with Crippen molar-refractivity contribution in [1.82, 2.24) is 0 Å². The summed E-state index contributed by atoms with van der Waals surface area (Å²) in [6, 6.07) is 14.4. The first-order valence-corrected chi connectivity index (χ1v) is 7.19. The fraction of sp³-hybridized carbons (Fsp3) is 0.333. The van der Waals surface area contributed by atoms with Crippen molar-refractivity contribution >= 4 is 5.69 Å². The number of hydrogen-bond acceptors (Lipinski definition) is 3. The molecule has 0 amide bonds. The van der Waals surface area contributed by atoms with Crippen LogP contribution in [0.15, 0.2) is 42.5 Å². The predicted molar refractivity (Wildman–Crippen MR) is 89.1 cm³/mol. The first kappa shape index (κ1) is 15.4. The normalized spacial score (nSPS) is 12.0. The molecule has 2 rings (SSSR count). The van der Waals surface area contributed by atoms with E-state index < -0.39 is 0 Å². The summed E-state index contributed by atoms with van der Waals surface area (Å²) in [5.41, 5.74) is 11.2. The third-order valence-corrected chi connectivity index (χ3v) is 3.78. The van der Waals surface area contributed by atoms with Crippen LogP contribution in [-0.4, -0.2) is 20.7 Å². The van der Waals surface area contributed by atoms with Crippen LogP contribution in [0.5, 0.6) is 5.75 Å². The monoisotopic (exact) mass is 284 g/mol. The zero-order valence-electron chi connectivity index (χ0n) is 13.3. The molecule has 0 aliphatic heterocycles. The Hall–Kier alpha value is -2.00. The minimum Gasteiger partial charge on any atom is -0.497 e. The van der Waals surface area contributed by atoms with Crippen molar-refractivity contribution in [2.24, 2.45) is 5.73 Å². The maximum Gasteiger partial charge on any atom is 0.118 e. The lowest BCUT2D eigenvalue weighted by Crippen LogP contribution is -2.29. The van der Waals surface area contributed by atoms with E-state index in [1.165, 1.54) is 16.8 Å². The minimum atomic E-state index is -0.0263. The summed E-state index contributed by atoms with van der Waals surface area (Å²) in [5, 5.41) is 0. The lowest BCUT2D eigenvalue weighted by molar-refractivity contribution is 0.414. The van der Waals surface area contributed by atoms with Crippen LogP contribution in [0.2, 0.25) is 0 Å². The van der Waals surface area contributed by atoms with Crippen molar-refractivity contribution in [2.75, 3.05) is 25.6 Å². The quantitative estimate of drug-likeness (QED) is 0.914. The highest BCUT2D eigenvalue weighted by Gasteiger charge is 2.11. The molecule has 21 heavy (non-hydrogen) atoms. The molecular weight excluding hydrogens is 260 g/mol. The van der Waals surface area contributed by atoms with Crippen LogP contribution < -0.4 is 15.4 Å². The van der Waals surface area contributed by atoms with E-state index in [2.05, 4.69) is 44.0 Å². The number of likely N-dealkylation sites (N-methyl/N-ethyl adjacent to an activating group) is 1. The number of rotatable bonds is 5. The summed E-state index contributed by atoms with van der Waals surface area (Å²) in [5.74, 6) is 0.855. The molecule has 3 heteroatoms. The maximum absolute atomic E-state index is 6.32. The van der Waals surface area contributed by atoms with Gasteiger partial charge >= 0.3 is 0 Å². The van der Waals surface area contributed by atoms with E-state index in [4.69, 9.17) is 10.5 Å². The zero-order chi connectivity index (χ0) is 15.4. The Morgan fingerprint density at radius 1 is 1.10 bits per heavy atom. The van der Waals surface area contributed by atoms with Gasteiger partial charge in [-0.05, 0) is 43.2 Å². The number of methoxy groups -OCH3 is 1. The van der Waals surface area contributed by atoms with Crippen LogP contribution in [0.4, 0.5) is 5.69 Å². The van der Waals surface area contributed by atoms with E-state index in [-0.39, 0.29) is 6.04 Å². The summed E-state index contributed by atoms with van der Waals surface area (Å²) in [4.78, 5) is 2.21. The first-order valence-electron chi connectivity index (χ1n) is 7.19. The summed E-state index contributed by atoms with van der Waals surface area (Å²) >= 11 is 0. The van der Waals surface area contributed by atoms with Gasteiger partial charge in [0.05, 0.1) is 7.11 Å². The average molecular weight is 284 g/mol. The van der Waals surface area contributed by atoms with Gasteiger partial charge in [-0.1, -0.05) is 29.8 Å². The molecule has 0 bridgehead atoms. The second kappa shape index (κ2) is 6.64. The topological polar surface area (TPSA) is 38.5 Å². The van der Waals surface area contributed by atoms with Gasteiger partial charge in [-0.15, -0.1) is 0 Å². The lowest BCUT2D eigenvalue weighted by Gasteiger charge is -2.25. The number of nitrogens with zero attached hydrogens (tertiary/aromatic N) is 1. The van der Waals surface area contributed by atoms with Gasteiger partial charge in [-0.25, -0.2) is 0 Å². The molecule has 1 atom stereocenters. The fourth-order valence-corrected chi connectivity index (χ4v) is 2.58. The third kappa shape index (κ3) is 3.76. The first-order chi connectivity index (χ1) is 10.0. The molecule has 0 aliphatic carbocycles. The fourth-order valence-electron chi connectivity index (χ4n) is 2.58. The van der Waals surface area contributed by atoms with Crippen LogP contribution >= 0.6 is 0 Å². The SMILES string of the molecule is COc1ccc(C(N)CN(C)c2ccc(C)cc2C)cc1. The molecule has 0 spiro atoms. The summed E-state index contributed by atoms with van der Waals surface area (Å²) in [6.07, 6.45) is 0. The number of hydrogen-bond donors (Lipinski definition) is 1. The Morgan fingerprint density at radius 2 is 1.76 bits per heavy atom. The van der Waals surface area contributed by atoms with Gasteiger partial charge in [0.25, 0.3) is 0 Å². The molecule has 112 valence electrons. The van der Waals surface area contributed by atoms with E-state index in [9.17, 15) is 0 Å². The molecule has 2 aromatic carbocycles. The van der Waals surface area contributed by atoms with Crippen LogP contribution in [-0.2, 0) is 0 Å². The number of nitrogens with two attached hydrogens (primary N) is 1. The number of ether oxygens (including phenoxy) is 1. The van der Waals surface area contributed by atoms with E-state index in [0.717, 1.165) is 17.9 Å². The third-order valence-electron chi connectivity index (χ3n) is 3.78. The van der Waals surface area contributed by atoms with Crippen molar-refractivity contribution in [3.63, 3.8) is 0 Å². The highest BCUT2D eigenvalue weighted by molar-refractivity contribution is 5.54. The Labute approximate surface area is 127 Å². The molecular formula is C18H24N2O. The largest absolute Gasteiger partial charge is 0.497 e. The van der Waals surface area contributed by atoms with E-state index >= 15 is 0 Å². The van der Waals surface area contributed by atoms with E-state index in [1.807, 2.05) is 24.3 Å². The maximum atomic E-state index is 6.32. The van der Waals surface area contributed by atoms with Crippen molar-refractivity contribution in [1.29, 1.82) is 0 Å². The highest BCUT2D eigenvalue weighted by Crippen LogP contribution is 2.23. The van der Waals surface area contributed by atoms with Gasteiger partial charge < -0.3 is 15.4 Å². The lowest BCUT2D eigenvalue weighted by atomic mass is 10.1. The molecule has 2 aromatic rings. The van der Waals surface area contributed by atoms with Crippen molar-refractivity contribution in [2.45, 2.75) is 19.9 Å².